The van der Waals surface area contributed by atoms with Crippen LogP contribution in [0.5, 0.6) is 5.75 Å². The average Bonchev–Trinajstić information content (AvgIpc) is 2.42. The first-order valence-corrected chi connectivity index (χ1v) is 6.90. The lowest BCUT2D eigenvalue weighted by molar-refractivity contribution is -0.114. The SMILES string of the molecule is COc1cccc(Sc2c(N)cccc2NC(C)=O)c1. The predicted octanol–water partition coefficient (Wildman–Crippen LogP) is 3.39. The third kappa shape index (κ3) is 3.45. The van der Waals surface area contributed by atoms with Gasteiger partial charge in [-0.3, -0.25) is 4.79 Å². The Labute approximate surface area is 122 Å². The summed E-state index contributed by atoms with van der Waals surface area (Å²) < 4.78 is 5.20. The van der Waals surface area contributed by atoms with Gasteiger partial charge < -0.3 is 15.8 Å². The molecule has 0 aliphatic rings. The van der Waals surface area contributed by atoms with E-state index in [4.69, 9.17) is 10.5 Å². The quantitative estimate of drug-likeness (QED) is 0.846. The van der Waals surface area contributed by atoms with E-state index in [1.54, 1.807) is 7.11 Å². The van der Waals surface area contributed by atoms with Gasteiger partial charge in [0.25, 0.3) is 0 Å². The first kappa shape index (κ1) is 14.3. The van der Waals surface area contributed by atoms with Crippen LogP contribution in [-0.2, 0) is 4.79 Å². The number of benzene rings is 2. The molecule has 0 saturated carbocycles. The molecule has 0 radical (unpaired) electrons. The van der Waals surface area contributed by atoms with Crippen LogP contribution in [0.3, 0.4) is 0 Å². The molecule has 1 amide bonds. The zero-order valence-corrected chi connectivity index (χ0v) is 12.2. The number of rotatable bonds is 4. The predicted molar refractivity (Wildman–Crippen MR) is 82.3 cm³/mol. The molecule has 2 rings (SSSR count). The summed E-state index contributed by atoms with van der Waals surface area (Å²) in [5.74, 6) is 0.661. The van der Waals surface area contributed by atoms with E-state index in [2.05, 4.69) is 5.32 Å². The van der Waals surface area contributed by atoms with Gasteiger partial charge in [0.1, 0.15) is 5.75 Å². The number of hydrogen-bond acceptors (Lipinski definition) is 4. The second kappa shape index (κ2) is 6.34. The van der Waals surface area contributed by atoms with E-state index in [0.717, 1.165) is 15.5 Å². The maximum absolute atomic E-state index is 11.2. The lowest BCUT2D eigenvalue weighted by atomic mass is 10.3. The molecule has 0 atom stereocenters. The summed E-state index contributed by atoms with van der Waals surface area (Å²) in [6, 6.07) is 13.2. The van der Waals surface area contributed by atoms with E-state index in [-0.39, 0.29) is 5.91 Å². The monoisotopic (exact) mass is 288 g/mol. The molecule has 0 aliphatic carbocycles. The number of amides is 1. The summed E-state index contributed by atoms with van der Waals surface area (Å²) in [4.78, 5) is 13.1. The number of carbonyl (C=O) groups excluding carboxylic acids is 1. The number of ether oxygens (including phenoxy) is 1. The van der Waals surface area contributed by atoms with Gasteiger partial charge in [-0.1, -0.05) is 23.9 Å². The molecule has 2 aromatic carbocycles. The molecule has 0 bridgehead atoms. The number of carbonyl (C=O) groups is 1. The Hall–Kier alpha value is -2.14. The molecule has 104 valence electrons. The molecule has 3 N–H and O–H groups in total. The Morgan fingerprint density at radius 1 is 1.25 bits per heavy atom. The molecule has 4 nitrogen and oxygen atoms in total. The molecule has 0 aliphatic heterocycles. The first-order valence-electron chi connectivity index (χ1n) is 6.08. The maximum atomic E-state index is 11.2. The molecule has 2 aromatic rings. The second-order valence-corrected chi connectivity index (χ2v) is 5.27. The smallest absolute Gasteiger partial charge is 0.221 e. The summed E-state index contributed by atoms with van der Waals surface area (Å²) in [5, 5.41) is 2.79. The highest BCUT2D eigenvalue weighted by molar-refractivity contribution is 7.99. The maximum Gasteiger partial charge on any atom is 0.221 e. The lowest BCUT2D eigenvalue weighted by Crippen LogP contribution is -2.07. The largest absolute Gasteiger partial charge is 0.497 e. The number of hydrogen-bond donors (Lipinski definition) is 2. The fourth-order valence-corrected chi connectivity index (χ4v) is 2.71. The van der Waals surface area contributed by atoms with Crippen LogP contribution in [0.15, 0.2) is 52.3 Å². The van der Waals surface area contributed by atoms with Crippen LogP contribution in [-0.4, -0.2) is 13.0 Å². The van der Waals surface area contributed by atoms with Crippen molar-refractivity contribution < 1.29 is 9.53 Å². The molecular weight excluding hydrogens is 272 g/mol. The average molecular weight is 288 g/mol. The first-order chi connectivity index (χ1) is 9.60. The minimum Gasteiger partial charge on any atom is -0.497 e. The molecule has 0 fully saturated rings. The Bertz CT molecular complexity index is 629. The van der Waals surface area contributed by atoms with Gasteiger partial charge in [-0.15, -0.1) is 0 Å². The molecule has 0 aromatic heterocycles. The van der Waals surface area contributed by atoms with Gasteiger partial charge in [0, 0.05) is 17.5 Å². The summed E-state index contributed by atoms with van der Waals surface area (Å²) >= 11 is 1.49. The standard InChI is InChI=1S/C15H16N2O2S/c1-10(18)17-14-8-4-7-13(16)15(14)20-12-6-3-5-11(9-12)19-2/h3-9H,16H2,1-2H3,(H,17,18). The summed E-state index contributed by atoms with van der Waals surface area (Å²) in [5.41, 5.74) is 7.35. The summed E-state index contributed by atoms with van der Waals surface area (Å²) in [6.07, 6.45) is 0. The molecule has 5 heteroatoms. The molecule has 0 spiro atoms. The van der Waals surface area contributed by atoms with E-state index < -0.39 is 0 Å². The highest BCUT2D eigenvalue weighted by Crippen LogP contribution is 2.38. The zero-order chi connectivity index (χ0) is 14.5. The van der Waals surface area contributed by atoms with Crippen molar-refractivity contribution in [2.24, 2.45) is 0 Å². The van der Waals surface area contributed by atoms with Gasteiger partial charge in [-0.25, -0.2) is 0 Å². The minimum atomic E-state index is -0.122. The van der Waals surface area contributed by atoms with E-state index in [1.807, 2.05) is 42.5 Å². The normalized spacial score (nSPS) is 10.1. The Morgan fingerprint density at radius 2 is 2.00 bits per heavy atom. The van der Waals surface area contributed by atoms with Crippen molar-refractivity contribution in [3.63, 3.8) is 0 Å². The fraction of sp³-hybridized carbons (Fsp3) is 0.133. The highest BCUT2D eigenvalue weighted by atomic mass is 32.2. The third-order valence-electron chi connectivity index (χ3n) is 2.62. The van der Waals surface area contributed by atoms with Crippen LogP contribution in [0.25, 0.3) is 0 Å². The van der Waals surface area contributed by atoms with Gasteiger partial charge in [0.15, 0.2) is 0 Å². The van der Waals surface area contributed by atoms with Crippen molar-refractivity contribution in [2.75, 3.05) is 18.2 Å². The van der Waals surface area contributed by atoms with Crippen molar-refractivity contribution >= 4 is 29.0 Å². The zero-order valence-electron chi connectivity index (χ0n) is 11.3. The summed E-state index contributed by atoms with van der Waals surface area (Å²) in [6.45, 7) is 1.48. The number of nitrogen functional groups attached to an aromatic ring is 1. The molecule has 0 unspecified atom stereocenters. The van der Waals surface area contributed by atoms with Crippen LogP contribution in [0, 0.1) is 0 Å². The van der Waals surface area contributed by atoms with Crippen molar-refractivity contribution in [3.05, 3.63) is 42.5 Å². The van der Waals surface area contributed by atoms with Crippen LogP contribution in [0.2, 0.25) is 0 Å². The third-order valence-corrected chi connectivity index (χ3v) is 3.77. The van der Waals surface area contributed by atoms with Crippen molar-refractivity contribution in [3.8, 4) is 5.75 Å². The number of anilines is 2. The van der Waals surface area contributed by atoms with Crippen molar-refractivity contribution in [1.82, 2.24) is 0 Å². The second-order valence-electron chi connectivity index (χ2n) is 4.19. The van der Waals surface area contributed by atoms with Crippen molar-refractivity contribution in [2.45, 2.75) is 16.7 Å². The Balaban J connectivity index is 2.34. The molecule has 0 heterocycles. The van der Waals surface area contributed by atoms with Crippen molar-refractivity contribution in [1.29, 1.82) is 0 Å². The van der Waals surface area contributed by atoms with E-state index in [1.165, 1.54) is 18.7 Å². The number of nitrogens with two attached hydrogens (primary N) is 1. The molecular formula is C15H16N2O2S. The Morgan fingerprint density at radius 3 is 2.70 bits per heavy atom. The van der Waals surface area contributed by atoms with Gasteiger partial charge in [0.2, 0.25) is 5.91 Å². The van der Waals surface area contributed by atoms with Gasteiger partial charge in [-0.05, 0) is 30.3 Å². The van der Waals surface area contributed by atoms with Gasteiger partial charge in [0.05, 0.1) is 17.7 Å². The summed E-state index contributed by atoms with van der Waals surface area (Å²) in [7, 11) is 1.63. The van der Waals surface area contributed by atoms with E-state index in [0.29, 0.717) is 11.4 Å². The van der Waals surface area contributed by atoms with Crippen LogP contribution in [0.1, 0.15) is 6.92 Å². The van der Waals surface area contributed by atoms with Crippen LogP contribution in [0.4, 0.5) is 11.4 Å². The van der Waals surface area contributed by atoms with Gasteiger partial charge >= 0.3 is 0 Å². The Kier molecular flexibility index (Phi) is 4.53. The van der Waals surface area contributed by atoms with E-state index in [9.17, 15) is 4.79 Å². The molecule has 0 saturated heterocycles. The fourth-order valence-electron chi connectivity index (χ4n) is 1.74. The van der Waals surface area contributed by atoms with Crippen LogP contribution < -0.4 is 15.8 Å². The lowest BCUT2D eigenvalue weighted by Gasteiger charge is -2.12. The highest BCUT2D eigenvalue weighted by Gasteiger charge is 2.10. The number of nitrogens with one attached hydrogen (secondary N) is 1. The minimum absolute atomic E-state index is 0.122. The number of methoxy groups -OCH3 is 1. The van der Waals surface area contributed by atoms with Crippen LogP contribution >= 0.6 is 11.8 Å². The molecule has 20 heavy (non-hydrogen) atoms. The van der Waals surface area contributed by atoms with E-state index >= 15 is 0 Å². The van der Waals surface area contributed by atoms with Gasteiger partial charge in [-0.2, -0.15) is 0 Å². The topological polar surface area (TPSA) is 64.3 Å².